The van der Waals surface area contributed by atoms with Crippen molar-refractivity contribution in [3.05, 3.63) is 38.9 Å². The number of carbonyl (C=O) groups is 1. The van der Waals surface area contributed by atoms with E-state index in [4.69, 9.17) is 11.6 Å². The van der Waals surface area contributed by atoms with E-state index in [1.807, 2.05) is 0 Å². The number of nitro groups is 1. The van der Waals surface area contributed by atoms with E-state index in [-0.39, 0.29) is 22.2 Å². The van der Waals surface area contributed by atoms with Crippen LogP contribution in [0, 0.1) is 10.1 Å². The standard InChI is InChI=1S/C17H25ClN2O3/c1-3-5-7-11-19(12-8-6-4-2)17(21)15-10-9-14(18)13-16(15)20(22)23/h9-10,13H,3-8,11-12H2,1-2H3. The van der Waals surface area contributed by atoms with Crippen molar-refractivity contribution in [2.75, 3.05) is 13.1 Å². The summed E-state index contributed by atoms with van der Waals surface area (Å²) < 4.78 is 0. The molecular formula is C17H25ClN2O3. The minimum absolute atomic E-state index is 0.118. The van der Waals surface area contributed by atoms with Crippen LogP contribution in [0.25, 0.3) is 0 Å². The topological polar surface area (TPSA) is 63.5 Å². The number of hydrogen-bond donors (Lipinski definition) is 0. The van der Waals surface area contributed by atoms with Crippen molar-refractivity contribution in [1.82, 2.24) is 4.90 Å². The fourth-order valence-corrected chi connectivity index (χ4v) is 2.59. The van der Waals surface area contributed by atoms with Crippen molar-refractivity contribution < 1.29 is 9.72 Å². The van der Waals surface area contributed by atoms with Gasteiger partial charge in [-0.3, -0.25) is 14.9 Å². The van der Waals surface area contributed by atoms with E-state index in [0.29, 0.717) is 13.1 Å². The maximum Gasteiger partial charge on any atom is 0.283 e. The molecule has 0 aromatic heterocycles. The molecule has 0 bridgehead atoms. The number of hydrogen-bond acceptors (Lipinski definition) is 3. The second-order valence-corrected chi connectivity index (χ2v) is 6.06. The molecule has 23 heavy (non-hydrogen) atoms. The Kier molecular flexibility index (Phi) is 8.62. The molecule has 0 N–H and O–H groups in total. The largest absolute Gasteiger partial charge is 0.338 e. The summed E-state index contributed by atoms with van der Waals surface area (Å²) in [5.74, 6) is -0.277. The van der Waals surface area contributed by atoms with Gasteiger partial charge in [0.1, 0.15) is 5.56 Å². The molecule has 0 aliphatic rings. The summed E-state index contributed by atoms with van der Waals surface area (Å²) in [4.78, 5) is 25.1. The van der Waals surface area contributed by atoms with Gasteiger partial charge >= 0.3 is 0 Å². The monoisotopic (exact) mass is 340 g/mol. The fraction of sp³-hybridized carbons (Fsp3) is 0.588. The molecular weight excluding hydrogens is 316 g/mol. The zero-order chi connectivity index (χ0) is 17.2. The molecule has 0 saturated carbocycles. The maximum atomic E-state index is 12.7. The molecule has 0 atom stereocenters. The smallest absolute Gasteiger partial charge is 0.283 e. The Morgan fingerprint density at radius 3 is 2.17 bits per heavy atom. The van der Waals surface area contributed by atoms with Crippen LogP contribution < -0.4 is 0 Å². The van der Waals surface area contributed by atoms with Gasteiger partial charge in [0.2, 0.25) is 0 Å². The molecule has 128 valence electrons. The maximum absolute atomic E-state index is 12.7. The fourth-order valence-electron chi connectivity index (χ4n) is 2.43. The van der Waals surface area contributed by atoms with Crippen molar-refractivity contribution in [3.8, 4) is 0 Å². The second kappa shape index (κ2) is 10.2. The first kappa shape index (κ1) is 19.4. The Bertz CT molecular complexity index is 525. The number of unbranched alkanes of at least 4 members (excludes halogenated alkanes) is 4. The van der Waals surface area contributed by atoms with E-state index in [0.717, 1.165) is 38.5 Å². The molecule has 0 aliphatic carbocycles. The number of carbonyl (C=O) groups excluding carboxylic acids is 1. The van der Waals surface area contributed by atoms with Crippen LogP contribution in [0.1, 0.15) is 62.7 Å². The molecule has 0 aliphatic heterocycles. The summed E-state index contributed by atoms with van der Waals surface area (Å²) in [7, 11) is 0. The first-order chi connectivity index (χ1) is 11.0. The number of rotatable bonds is 10. The van der Waals surface area contributed by atoms with E-state index < -0.39 is 4.92 Å². The van der Waals surface area contributed by atoms with Crippen LogP contribution in [0.5, 0.6) is 0 Å². The van der Waals surface area contributed by atoms with Crippen LogP contribution in [-0.2, 0) is 0 Å². The number of halogens is 1. The minimum Gasteiger partial charge on any atom is -0.338 e. The molecule has 0 fully saturated rings. The van der Waals surface area contributed by atoms with Crippen LogP contribution in [0.4, 0.5) is 5.69 Å². The number of amides is 1. The molecule has 1 rings (SSSR count). The normalized spacial score (nSPS) is 10.6. The van der Waals surface area contributed by atoms with Gasteiger partial charge in [-0.25, -0.2) is 0 Å². The summed E-state index contributed by atoms with van der Waals surface area (Å²) in [6, 6.07) is 4.22. The van der Waals surface area contributed by atoms with Crippen molar-refractivity contribution in [1.29, 1.82) is 0 Å². The van der Waals surface area contributed by atoms with E-state index in [2.05, 4.69) is 13.8 Å². The summed E-state index contributed by atoms with van der Waals surface area (Å²) >= 11 is 5.82. The molecule has 1 aromatic rings. The molecule has 5 nitrogen and oxygen atoms in total. The van der Waals surface area contributed by atoms with Crippen LogP contribution in [0.15, 0.2) is 18.2 Å². The highest BCUT2D eigenvalue weighted by molar-refractivity contribution is 6.31. The van der Waals surface area contributed by atoms with Crippen molar-refractivity contribution >= 4 is 23.2 Å². The Morgan fingerprint density at radius 2 is 1.70 bits per heavy atom. The van der Waals surface area contributed by atoms with Gasteiger partial charge in [0.05, 0.1) is 4.92 Å². The number of nitrogens with zero attached hydrogens (tertiary/aromatic N) is 2. The molecule has 0 unspecified atom stereocenters. The Balaban J connectivity index is 2.95. The van der Waals surface area contributed by atoms with Crippen molar-refractivity contribution in [3.63, 3.8) is 0 Å². The average Bonchev–Trinajstić information content (AvgIpc) is 2.53. The lowest BCUT2D eigenvalue weighted by Crippen LogP contribution is -2.33. The number of nitro benzene ring substituents is 1. The summed E-state index contributed by atoms with van der Waals surface area (Å²) in [6.45, 7) is 5.48. The Hall–Kier alpha value is -1.62. The predicted octanol–water partition coefficient (Wildman–Crippen LogP) is 5.07. The van der Waals surface area contributed by atoms with Gasteiger partial charge < -0.3 is 4.90 Å². The third-order valence-corrected chi connectivity index (χ3v) is 3.97. The van der Waals surface area contributed by atoms with Gasteiger partial charge in [-0.2, -0.15) is 0 Å². The molecule has 0 spiro atoms. The number of benzene rings is 1. The zero-order valence-electron chi connectivity index (χ0n) is 13.9. The van der Waals surface area contributed by atoms with Crippen LogP contribution in [0.3, 0.4) is 0 Å². The van der Waals surface area contributed by atoms with E-state index in [1.54, 1.807) is 4.90 Å². The lowest BCUT2D eigenvalue weighted by atomic mass is 10.1. The molecule has 6 heteroatoms. The van der Waals surface area contributed by atoms with E-state index in [1.165, 1.54) is 18.2 Å². The summed E-state index contributed by atoms with van der Waals surface area (Å²) in [5.41, 5.74) is -0.106. The SMILES string of the molecule is CCCCCN(CCCCC)C(=O)c1ccc(Cl)cc1[N+](=O)[O-]. The lowest BCUT2D eigenvalue weighted by Gasteiger charge is -2.22. The molecule has 0 heterocycles. The van der Waals surface area contributed by atoms with Crippen molar-refractivity contribution in [2.45, 2.75) is 52.4 Å². The molecule has 1 aromatic carbocycles. The first-order valence-electron chi connectivity index (χ1n) is 8.24. The van der Waals surface area contributed by atoms with Gasteiger partial charge in [0.25, 0.3) is 11.6 Å². The highest BCUT2D eigenvalue weighted by Crippen LogP contribution is 2.25. The highest BCUT2D eigenvalue weighted by atomic mass is 35.5. The van der Waals surface area contributed by atoms with Gasteiger partial charge in [-0.05, 0) is 25.0 Å². The van der Waals surface area contributed by atoms with Gasteiger partial charge in [-0.1, -0.05) is 51.1 Å². The zero-order valence-corrected chi connectivity index (χ0v) is 14.6. The van der Waals surface area contributed by atoms with Gasteiger partial charge in [-0.15, -0.1) is 0 Å². The van der Waals surface area contributed by atoms with Gasteiger partial charge in [0.15, 0.2) is 0 Å². The Morgan fingerprint density at radius 1 is 1.13 bits per heavy atom. The predicted molar refractivity (Wildman–Crippen MR) is 93.1 cm³/mol. The minimum atomic E-state index is -0.546. The summed E-state index contributed by atoms with van der Waals surface area (Å²) in [5, 5.41) is 11.5. The first-order valence-corrected chi connectivity index (χ1v) is 8.62. The second-order valence-electron chi connectivity index (χ2n) is 5.62. The molecule has 0 radical (unpaired) electrons. The van der Waals surface area contributed by atoms with Crippen molar-refractivity contribution in [2.24, 2.45) is 0 Å². The third kappa shape index (κ3) is 6.18. The summed E-state index contributed by atoms with van der Waals surface area (Å²) in [6.07, 6.45) is 6.04. The lowest BCUT2D eigenvalue weighted by molar-refractivity contribution is -0.385. The third-order valence-electron chi connectivity index (χ3n) is 3.74. The van der Waals surface area contributed by atoms with E-state index in [9.17, 15) is 14.9 Å². The van der Waals surface area contributed by atoms with E-state index >= 15 is 0 Å². The highest BCUT2D eigenvalue weighted by Gasteiger charge is 2.24. The average molecular weight is 341 g/mol. The van der Waals surface area contributed by atoms with Crippen LogP contribution in [0.2, 0.25) is 5.02 Å². The quantitative estimate of drug-likeness (QED) is 0.339. The molecule has 0 saturated heterocycles. The van der Waals surface area contributed by atoms with Crippen LogP contribution >= 0.6 is 11.6 Å². The van der Waals surface area contributed by atoms with Crippen LogP contribution in [-0.4, -0.2) is 28.8 Å². The molecule has 1 amide bonds. The Labute approximate surface area is 142 Å². The van der Waals surface area contributed by atoms with Gasteiger partial charge in [0, 0.05) is 24.2 Å².